The summed E-state index contributed by atoms with van der Waals surface area (Å²) in [5.41, 5.74) is 1.17. The van der Waals surface area contributed by atoms with Crippen molar-refractivity contribution in [2.24, 2.45) is 0 Å². The van der Waals surface area contributed by atoms with E-state index in [1.807, 2.05) is 58.0 Å². The fourth-order valence-electron chi connectivity index (χ4n) is 4.62. The Kier molecular flexibility index (Phi) is 10.3. The number of ether oxygens (including phenoxy) is 4. The van der Waals surface area contributed by atoms with Crippen molar-refractivity contribution < 1.29 is 23.7 Å². The molecule has 2 aromatic rings. The molecule has 1 aliphatic rings. The number of amides is 1. The minimum absolute atomic E-state index is 0.0548. The lowest BCUT2D eigenvalue weighted by molar-refractivity contribution is -0.127. The summed E-state index contributed by atoms with van der Waals surface area (Å²) in [4.78, 5) is 13.7. The SMILES string of the molecule is C#CCC(C)(C)OCCC(C)(C)Oc1ccc(OC)c(-c2cc(C#N)cc(OC3CCN(C(=O)C=C)CC3)c2)c1. The van der Waals surface area contributed by atoms with Gasteiger partial charge in [-0.15, -0.1) is 12.3 Å². The lowest BCUT2D eigenvalue weighted by Gasteiger charge is -2.31. The number of piperidine rings is 1. The molecule has 0 N–H and O–H groups in total. The fraction of sp³-hybridized carbons (Fsp3) is 0.455. The highest BCUT2D eigenvalue weighted by Crippen LogP contribution is 2.37. The lowest BCUT2D eigenvalue weighted by atomic mass is 10.0. The third kappa shape index (κ3) is 8.53. The van der Waals surface area contributed by atoms with Gasteiger partial charge >= 0.3 is 0 Å². The summed E-state index contributed by atoms with van der Waals surface area (Å²) in [5.74, 6) is 4.52. The summed E-state index contributed by atoms with van der Waals surface area (Å²) in [6.45, 7) is 13.3. The predicted molar refractivity (Wildman–Crippen MR) is 156 cm³/mol. The molecular formula is C33H40N2O5. The predicted octanol–water partition coefficient (Wildman–Crippen LogP) is 6.16. The molecule has 1 heterocycles. The summed E-state index contributed by atoms with van der Waals surface area (Å²) in [6.07, 6.45) is 9.35. The first-order valence-corrected chi connectivity index (χ1v) is 13.6. The highest BCUT2D eigenvalue weighted by atomic mass is 16.5. The Morgan fingerprint density at radius 3 is 2.48 bits per heavy atom. The van der Waals surface area contributed by atoms with Crippen LogP contribution in [0.5, 0.6) is 17.2 Å². The number of carbonyl (C=O) groups is 1. The minimum atomic E-state index is -0.497. The molecule has 40 heavy (non-hydrogen) atoms. The molecular weight excluding hydrogens is 504 g/mol. The van der Waals surface area contributed by atoms with E-state index in [9.17, 15) is 10.1 Å². The molecule has 0 atom stereocenters. The number of hydrogen-bond donors (Lipinski definition) is 0. The maximum Gasteiger partial charge on any atom is 0.245 e. The molecule has 0 bridgehead atoms. The van der Waals surface area contributed by atoms with Crippen LogP contribution >= 0.6 is 0 Å². The standard InChI is InChI=1S/C33H40N2O5/c1-8-14-32(3,4)38-18-15-33(5,6)40-27-10-11-30(37-7)29(22-27)25-19-24(23-34)20-28(21-25)39-26-12-16-35(17-13-26)31(36)9-2/h1,9-11,19-22,26H,2,12-18H2,3-7H3. The molecule has 3 rings (SSSR count). The molecule has 0 aliphatic carbocycles. The van der Waals surface area contributed by atoms with Crippen molar-refractivity contribution in [2.75, 3.05) is 26.8 Å². The van der Waals surface area contributed by atoms with E-state index in [1.54, 1.807) is 18.1 Å². The first kappa shape index (κ1) is 30.6. The lowest BCUT2D eigenvalue weighted by Crippen LogP contribution is -2.41. The Hall–Kier alpha value is -3.94. The van der Waals surface area contributed by atoms with Crippen molar-refractivity contribution in [3.05, 3.63) is 54.6 Å². The monoisotopic (exact) mass is 544 g/mol. The largest absolute Gasteiger partial charge is 0.496 e. The first-order chi connectivity index (χ1) is 19.0. The zero-order chi connectivity index (χ0) is 29.3. The Bertz CT molecular complexity index is 1280. The Morgan fingerprint density at radius 1 is 1.12 bits per heavy atom. The average Bonchev–Trinajstić information content (AvgIpc) is 2.92. The van der Waals surface area contributed by atoms with E-state index >= 15 is 0 Å². The Labute approximate surface area is 238 Å². The molecule has 0 spiro atoms. The van der Waals surface area contributed by atoms with Gasteiger partial charge in [-0.2, -0.15) is 5.26 Å². The molecule has 0 saturated carbocycles. The number of nitriles is 1. The molecule has 1 saturated heterocycles. The van der Waals surface area contributed by atoms with Crippen molar-refractivity contribution in [2.45, 2.75) is 70.7 Å². The normalized spacial score (nSPS) is 14.1. The number of hydrogen-bond acceptors (Lipinski definition) is 6. The number of methoxy groups -OCH3 is 1. The van der Waals surface area contributed by atoms with Crippen molar-refractivity contribution in [3.63, 3.8) is 0 Å². The number of likely N-dealkylation sites (tertiary alicyclic amines) is 1. The summed E-state index contributed by atoms with van der Waals surface area (Å²) in [5, 5.41) is 9.73. The summed E-state index contributed by atoms with van der Waals surface area (Å²) < 4.78 is 24.3. The van der Waals surface area contributed by atoms with Gasteiger partial charge in [0, 0.05) is 44.3 Å². The number of nitrogens with zero attached hydrogens (tertiary/aromatic N) is 2. The highest BCUT2D eigenvalue weighted by molar-refractivity contribution is 5.87. The summed E-state index contributed by atoms with van der Waals surface area (Å²) in [7, 11) is 1.61. The number of rotatable bonds is 12. The van der Waals surface area contributed by atoms with E-state index in [1.165, 1.54) is 6.08 Å². The molecule has 1 amide bonds. The van der Waals surface area contributed by atoms with E-state index < -0.39 is 5.60 Å². The van der Waals surface area contributed by atoms with Crippen molar-refractivity contribution in [1.29, 1.82) is 5.26 Å². The number of carbonyl (C=O) groups excluding carboxylic acids is 1. The number of terminal acetylenes is 1. The first-order valence-electron chi connectivity index (χ1n) is 13.6. The average molecular weight is 545 g/mol. The maximum atomic E-state index is 11.9. The minimum Gasteiger partial charge on any atom is -0.496 e. The van der Waals surface area contributed by atoms with Gasteiger partial charge in [-0.3, -0.25) is 4.79 Å². The van der Waals surface area contributed by atoms with Gasteiger partial charge in [0.05, 0.1) is 31.0 Å². The van der Waals surface area contributed by atoms with Crippen LogP contribution in [-0.2, 0) is 9.53 Å². The van der Waals surface area contributed by atoms with Crippen LogP contribution < -0.4 is 14.2 Å². The zero-order valence-electron chi connectivity index (χ0n) is 24.3. The third-order valence-corrected chi connectivity index (χ3v) is 6.87. The van der Waals surface area contributed by atoms with Crippen molar-refractivity contribution in [3.8, 4) is 46.8 Å². The molecule has 212 valence electrons. The fourth-order valence-corrected chi connectivity index (χ4v) is 4.62. The van der Waals surface area contributed by atoms with Crippen LogP contribution in [-0.4, -0.2) is 54.9 Å². The molecule has 0 aromatic heterocycles. The van der Waals surface area contributed by atoms with Crippen LogP contribution in [0.1, 0.15) is 58.9 Å². The van der Waals surface area contributed by atoms with Crippen LogP contribution in [0.25, 0.3) is 11.1 Å². The van der Waals surface area contributed by atoms with Crippen LogP contribution in [0.3, 0.4) is 0 Å². The van der Waals surface area contributed by atoms with E-state index in [0.717, 1.165) is 11.1 Å². The molecule has 7 nitrogen and oxygen atoms in total. The van der Waals surface area contributed by atoms with Crippen molar-refractivity contribution >= 4 is 5.91 Å². The van der Waals surface area contributed by atoms with Gasteiger partial charge in [-0.05, 0) is 75.7 Å². The van der Waals surface area contributed by atoms with E-state index in [-0.39, 0.29) is 17.6 Å². The van der Waals surface area contributed by atoms with Gasteiger partial charge in [0.2, 0.25) is 5.91 Å². The van der Waals surface area contributed by atoms with Crippen LogP contribution in [0, 0.1) is 23.7 Å². The highest BCUT2D eigenvalue weighted by Gasteiger charge is 2.25. The topological polar surface area (TPSA) is 81.0 Å². The van der Waals surface area contributed by atoms with Gasteiger partial charge < -0.3 is 23.8 Å². The van der Waals surface area contributed by atoms with Gasteiger partial charge in [0.25, 0.3) is 0 Å². The number of benzene rings is 2. The second kappa shape index (κ2) is 13.4. The molecule has 1 aliphatic heterocycles. The van der Waals surface area contributed by atoms with Gasteiger partial charge in [0.1, 0.15) is 29.0 Å². The summed E-state index contributed by atoms with van der Waals surface area (Å²) >= 11 is 0. The Morgan fingerprint density at radius 2 is 1.85 bits per heavy atom. The molecule has 2 aromatic carbocycles. The molecule has 0 radical (unpaired) electrons. The maximum absolute atomic E-state index is 11.9. The second-order valence-electron chi connectivity index (χ2n) is 11.2. The van der Waals surface area contributed by atoms with Crippen LogP contribution in [0.15, 0.2) is 49.1 Å². The summed E-state index contributed by atoms with van der Waals surface area (Å²) in [6, 6.07) is 13.4. The zero-order valence-corrected chi connectivity index (χ0v) is 24.3. The van der Waals surface area contributed by atoms with E-state index in [2.05, 4.69) is 18.6 Å². The van der Waals surface area contributed by atoms with Crippen molar-refractivity contribution in [1.82, 2.24) is 4.90 Å². The molecule has 1 fully saturated rings. The Balaban J connectivity index is 1.78. The third-order valence-electron chi connectivity index (χ3n) is 6.87. The smallest absolute Gasteiger partial charge is 0.245 e. The second-order valence-corrected chi connectivity index (χ2v) is 11.2. The quantitative estimate of drug-likeness (QED) is 0.235. The molecule has 7 heteroatoms. The van der Waals surface area contributed by atoms with E-state index in [0.29, 0.717) is 68.2 Å². The van der Waals surface area contributed by atoms with Crippen LogP contribution in [0.2, 0.25) is 0 Å². The van der Waals surface area contributed by atoms with Crippen LogP contribution in [0.4, 0.5) is 0 Å². The van der Waals surface area contributed by atoms with Gasteiger partial charge in [-0.25, -0.2) is 0 Å². The molecule has 0 unspecified atom stereocenters. The van der Waals surface area contributed by atoms with E-state index in [4.69, 9.17) is 25.4 Å². The van der Waals surface area contributed by atoms with Gasteiger partial charge in [-0.1, -0.05) is 6.58 Å². The van der Waals surface area contributed by atoms with Gasteiger partial charge in [0.15, 0.2) is 0 Å².